The van der Waals surface area contributed by atoms with Gasteiger partial charge in [-0.1, -0.05) is 25.8 Å². The summed E-state index contributed by atoms with van der Waals surface area (Å²) in [5.41, 5.74) is 0.930. The number of carbonyl (C=O) groups excluding carboxylic acids is 2. The van der Waals surface area contributed by atoms with Crippen LogP contribution in [0, 0.1) is 0 Å². The van der Waals surface area contributed by atoms with Gasteiger partial charge < -0.3 is 15.0 Å². The number of carbonyl (C=O) groups is 2. The first kappa shape index (κ1) is 16.4. The van der Waals surface area contributed by atoms with Gasteiger partial charge in [0.2, 0.25) is 0 Å². The van der Waals surface area contributed by atoms with E-state index in [2.05, 4.69) is 17.2 Å². The largest absolute Gasteiger partial charge is 0.378 e. The third-order valence-electron chi connectivity index (χ3n) is 3.73. The molecule has 120 valence electrons. The third kappa shape index (κ3) is 4.53. The monoisotopic (exact) mass is 305 g/mol. The van der Waals surface area contributed by atoms with E-state index in [9.17, 15) is 9.59 Å². The first-order valence-corrected chi connectivity index (χ1v) is 7.79. The fraction of sp³-hybridized carbons (Fsp3) is 0.562. The number of hydrogen-bond donors (Lipinski definition) is 1. The van der Waals surface area contributed by atoms with Crippen LogP contribution in [0.5, 0.6) is 0 Å². The number of unbranched alkanes of at least 4 members (excludes halogenated alkanes) is 1. The Morgan fingerprint density at radius 2 is 2.18 bits per heavy atom. The van der Waals surface area contributed by atoms with Crippen molar-refractivity contribution >= 4 is 11.8 Å². The summed E-state index contributed by atoms with van der Waals surface area (Å²) in [6.45, 7) is 4.01. The molecule has 6 heteroatoms. The Hall–Kier alpha value is -1.95. The van der Waals surface area contributed by atoms with Gasteiger partial charge in [-0.2, -0.15) is 0 Å². The summed E-state index contributed by atoms with van der Waals surface area (Å²) < 4.78 is 5.20. The molecule has 1 aromatic rings. The van der Waals surface area contributed by atoms with Crippen LogP contribution in [-0.2, 0) is 14.3 Å². The number of pyridine rings is 1. The van der Waals surface area contributed by atoms with E-state index < -0.39 is 11.8 Å². The van der Waals surface area contributed by atoms with Crippen LogP contribution in [0.25, 0.3) is 0 Å². The standard InChI is InChI=1S/C16H23N3O3/c1-2-3-6-14(13-5-4-7-17-12-13)18-15(20)16(21)19-8-10-22-11-9-19/h4-5,7,12,14H,2-3,6,8-11H2,1H3,(H,18,20). The highest BCUT2D eigenvalue weighted by atomic mass is 16.5. The van der Waals surface area contributed by atoms with Crippen molar-refractivity contribution in [1.82, 2.24) is 15.2 Å². The van der Waals surface area contributed by atoms with E-state index in [1.165, 1.54) is 0 Å². The van der Waals surface area contributed by atoms with Crippen LogP contribution in [-0.4, -0.2) is 48.0 Å². The van der Waals surface area contributed by atoms with Gasteiger partial charge in [-0.3, -0.25) is 14.6 Å². The fourth-order valence-corrected chi connectivity index (χ4v) is 2.44. The summed E-state index contributed by atoms with van der Waals surface area (Å²) in [7, 11) is 0. The molecule has 0 radical (unpaired) electrons. The van der Waals surface area contributed by atoms with Gasteiger partial charge in [0, 0.05) is 25.5 Å². The van der Waals surface area contributed by atoms with E-state index >= 15 is 0 Å². The van der Waals surface area contributed by atoms with E-state index in [1.54, 1.807) is 17.3 Å². The molecule has 0 aromatic carbocycles. The number of amides is 2. The minimum Gasteiger partial charge on any atom is -0.378 e. The Bertz CT molecular complexity index is 487. The molecule has 1 fully saturated rings. The maximum Gasteiger partial charge on any atom is 0.312 e. The van der Waals surface area contributed by atoms with Crippen LogP contribution in [0.2, 0.25) is 0 Å². The van der Waals surface area contributed by atoms with Crippen molar-refractivity contribution in [2.24, 2.45) is 0 Å². The third-order valence-corrected chi connectivity index (χ3v) is 3.73. The molecule has 1 N–H and O–H groups in total. The summed E-state index contributed by atoms with van der Waals surface area (Å²) in [4.78, 5) is 30.0. The first-order valence-electron chi connectivity index (χ1n) is 7.79. The lowest BCUT2D eigenvalue weighted by Crippen LogP contribution is -2.48. The minimum atomic E-state index is -0.549. The van der Waals surface area contributed by atoms with Gasteiger partial charge in [0.05, 0.1) is 19.3 Å². The molecule has 0 saturated carbocycles. The van der Waals surface area contributed by atoms with E-state index in [4.69, 9.17) is 4.74 Å². The predicted molar refractivity (Wildman–Crippen MR) is 82.0 cm³/mol. The van der Waals surface area contributed by atoms with Gasteiger partial charge in [0.25, 0.3) is 0 Å². The minimum absolute atomic E-state index is 0.175. The quantitative estimate of drug-likeness (QED) is 0.832. The number of nitrogens with zero attached hydrogens (tertiary/aromatic N) is 2. The van der Waals surface area contributed by atoms with Gasteiger partial charge in [-0.15, -0.1) is 0 Å². The number of rotatable bonds is 5. The van der Waals surface area contributed by atoms with Crippen molar-refractivity contribution in [3.8, 4) is 0 Å². The van der Waals surface area contributed by atoms with Crippen molar-refractivity contribution in [3.05, 3.63) is 30.1 Å². The lowest BCUT2D eigenvalue weighted by Gasteiger charge is -2.27. The molecular weight excluding hydrogens is 282 g/mol. The Labute approximate surface area is 130 Å². The van der Waals surface area contributed by atoms with Gasteiger partial charge >= 0.3 is 11.8 Å². The molecule has 1 aromatic heterocycles. The number of ether oxygens (including phenoxy) is 1. The number of hydrogen-bond acceptors (Lipinski definition) is 4. The molecule has 22 heavy (non-hydrogen) atoms. The summed E-state index contributed by atoms with van der Waals surface area (Å²) in [6, 6.07) is 3.59. The Balaban J connectivity index is 1.99. The highest BCUT2D eigenvalue weighted by molar-refractivity contribution is 6.35. The van der Waals surface area contributed by atoms with Crippen molar-refractivity contribution in [1.29, 1.82) is 0 Å². The van der Waals surface area contributed by atoms with Gasteiger partial charge in [0.1, 0.15) is 0 Å². The number of morpholine rings is 1. The molecule has 2 amide bonds. The Morgan fingerprint density at radius 3 is 2.82 bits per heavy atom. The van der Waals surface area contributed by atoms with Gasteiger partial charge in [0.15, 0.2) is 0 Å². The highest BCUT2D eigenvalue weighted by Gasteiger charge is 2.26. The van der Waals surface area contributed by atoms with Crippen LogP contribution in [0.3, 0.4) is 0 Å². The molecule has 6 nitrogen and oxygen atoms in total. The van der Waals surface area contributed by atoms with E-state index in [0.29, 0.717) is 26.3 Å². The van der Waals surface area contributed by atoms with Gasteiger partial charge in [-0.05, 0) is 18.1 Å². The molecule has 1 unspecified atom stereocenters. The van der Waals surface area contributed by atoms with E-state index in [-0.39, 0.29) is 6.04 Å². The molecule has 0 bridgehead atoms. The number of aromatic nitrogens is 1. The Kier molecular flexibility index (Phi) is 6.33. The zero-order chi connectivity index (χ0) is 15.8. The second kappa shape index (κ2) is 8.48. The maximum absolute atomic E-state index is 12.2. The highest BCUT2D eigenvalue weighted by Crippen LogP contribution is 2.18. The lowest BCUT2D eigenvalue weighted by molar-refractivity contribution is -0.148. The van der Waals surface area contributed by atoms with Crippen molar-refractivity contribution < 1.29 is 14.3 Å². The van der Waals surface area contributed by atoms with Gasteiger partial charge in [-0.25, -0.2) is 0 Å². The molecule has 2 heterocycles. The SMILES string of the molecule is CCCCC(NC(=O)C(=O)N1CCOCC1)c1cccnc1. The molecule has 1 aliphatic heterocycles. The zero-order valence-electron chi connectivity index (χ0n) is 13.0. The molecular formula is C16H23N3O3. The summed E-state index contributed by atoms with van der Waals surface area (Å²) >= 11 is 0. The summed E-state index contributed by atoms with van der Waals surface area (Å²) in [5.74, 6) is -1.03. The zero-order valence-corrected chi connectivity index (χ0v) is 13.0. The summed E-state index contributed by atoms with van der Waals surface area (Å²) in [6.07, 6.45) is 6.24. The van der Waals surface area contributed by atoms with Crippen LogP contribution in [0.4, 0.5) is 0 Å². The maximum atomic E-state index is 12.2. The molecule has 0 spiro atoms. The fourth-order valence-electron chi connectivity index (χ4n) is 2.44. The second-order valence-electron chi connectivity index (χ2n) is 5.36. The topological polar surface area (TPSA) is 71.5 Å². The Morgan fingerprint density at radius 1 is 1.41 bits per heavy atom. The predicted octanol–water partition coefficient (Wildman–Crippen LogP) is 1.29. The molecule has 1 atom stereocenters. The van der Waals surface area contributed by atoms with Crippen LogP contribution < -0.4 is 5.32 Å². The first-order chi connectivity index (χ1) is 10.7. The smallest absolute Gasteiger partial charge is 0.312 e. The molecule has 1 aliphatic rings. The lowest BCUT2D eigenvalue weighted by atomic mass is 10.0. The molecule has 0 aliphatic carbocycles. The number of nitrogens with one attached hydrogen (secondary N) is 1. The average Bonchev–Trinajstić information content (AvgIpc) is 2.59. The summed E-state index contributed by atoms with van der Waals surface area (Å²) in [5, 5.41) is 2.85. The molecule has 2 rings (SSSR count). The van der Waals surface area contributed by atoms with E-state index in [0.717, 1.165) is 24.8 Å². The van der Waals surface area contributed by atoms with Crippen LogP contribution in [0.1, 0.15) is 37.8 Å². The van der Waals surface area contributed by atoms with Crippen molar-refractivity contribution in [2.45, 2.75) is 32.2 Å². The van der Waals surface area contributed by atoms with Crippen molar-refractivity contribution in [3.63, 3.8) is 0 Å². The van der Waals surface area contributed by atoms with E-state index in [1.807, 2.05) is 12.1 Å². The van der Waals surface area contributed by atoms with Crippen LogP contribution in [0.15, 0.2) is 24.5 Å². The van der Waals surface area contributed by atoms with Crippen LogP contribution >= 0.6 is 0 Å². The van der Waals surface area contributed by atoms with Crippen molar-refractivity contribution in [2.75, 3.05) is 26.3 Å². The second-order valence-corrected chi connectivity index (χ2v) is 5.36. The molecule has 1 saturated heterocycles. The average molecular weight is 305 g/mol. The normalized spacial score (nSPS) is 16.1.